The number of thioether (sulfide) groups is 1. The maximum absolute atomic E-state index is 12.6. The molecule has 1 heterocycles. The molecule has 0 radical (unpaired) electrons. The Morgan fingerprint density at radius 3 is 2.56 bits per heavy atom. The lowest BCUT2D eigenvalue weighted by molar-refractivity contribution is 0.0949. The summed E-state index contributed by atoms with van der Waals surface area (Å²) in [5.74, 6) is 1.85. The number of methoxy groups -OCH3 is 1. The Morgan fingerprint density at radius 2 is 1.81 bits per heavy atom. The van der Waals surface area contributed by atoms with Gasteiger partial charge in [0.05, 0.1) is 13.7 Å². The Kier molecular flexibility index (Phi) is 7.24. The van der Waals surface area contributed by atoms with E-state index in [2.05, 4.69) is 43.6 Å². The SMILES string of the molecule is COc1cccc(C(=O)NCc2nnc(SCc3ccc(Br)cc3)n2-c2ccccc2)c1. The van der Waals surface area contributed by atoms with Gasteiger partial charge < -0.3 is 10.1 Å². The van der Waals surface area contributed by atoms with E-state index in [0.717, 1.165) is 21.1 Å². The van der Waals surface area contributed by atoms with E-state index in [0.29, 0.717) is 17.1 Å². The van der Waals surface area contributed by atoms with Gasteiger partial charge in [-0.05, 0) is 48.0 Å². The minimum Gasteiger partial charge on any atom is -0.497 e. The first-order valence-electron chi connectivity index (χ1n) is 9.93. The minimum absolute atomic E-state index is 0.199. The van der Waals surface area contributed by atoms with Crippen molar-refractivity contribution in [3.8, 4) is 11.4 Å². The average Bonchev–Trinajstić information content (AvgIpc) is 3.25. The number of benzene rings is 3. The van der Waals surface area contributed by atoms with E-state index in [-0.39, 0.29) is 12.5 Å². The monoisotopic (exact) mass is 508 g/mol. The van der Waals surface area contributed by atoms with Crippen LogP contribution in [0.1, 0.15) is 21.7 Å². The van der Waals surface area contributed by atoms with Crippen LogP contribution in [0.25, 0.3) is 5.69 Å². The van der Waals surface area contributed by atoms with Crippen molar-refractivity contribution in [1.82, 2.24) is 20.1 Å². The van der Waals surface area contributed by atoms with E-state index in [9.17, 15) is 4.79 Å². The summed E-state index contributed by atoms with van der Waals surface area (Å²) in [6.45, 7) is 0.247. The standard InChI is InChI=1S/C24H21BrN4O2S/c1-31-21-9-5-6-18(14-21)23(30)26-15-22-27-28-24(29(22)20-7-3-2-4-8-20)32-16-17-10-12-19(25)13-11-17/h2-14H,15-16H2,1H3,(H,26,30). The van der Waals surface area contributed by atoms with Gasteiger partial charge in [0.25, 0.3) is 5.91 Å². The topological polar surface area (TPSA) is 69.0 Å². The largest absolute Gasteiger partial charge is 0.497 e. The van der Waals surface area contributed by atoms with Crippen LogP contribution >= 0.6 is 27.7 Å². The molecule has 4 aromatic rings. The molecular formula is C24H21BrN4O2S. The highest BCUT2D eigenvalue weighted by atomic mass is 79.9. The molecule has 0 atom stereocenters. The van der Waals surface area contributed by atoms with Gasteiger partial charge in [-0.25, -0.2) is 0 Å². The molecular weight excluding hydrogens is 488 g/mol. The van der Waals surface area contributed by atoms with Crippen molar-refractivity contribution < 1.29 is 9.53 Å². The van der Waals surface area contributed by atoms with Crippen LogP contribution in [0.5, 0.6) is 5.75 Å². The second-order valence-electron chi connectivity index (χ2n) is 6.90. The Hall–Kier alpha value is -3.10. The molecule has 3 aromatic carbocycles. The fraction of sp³-hybridized carbons (Fsp3) is 0.125. The van der Waals surface area contributed by atoms with Gasteiger partial charge in [0.2, 0.25) is 0 Å². The van der Waals surface area contributed by atoms with Gasteiger partial charge >= 0.3 is 0 Å². The number of nitrogens with one attached hydrogen (secondary N) is 1. The van der Waals surface area contributed by atoms with Crippen molar-refractivity contribution in [1.29, 1.82) is 0 Å². The summed E-state index contributed by atoms with van der Waals surface area (Å²) in [5, 5.41) is 12.5. The molecule has 4 rings (SSSR count). The summed E-state index contributed by atoms with van der Waals surface area (Å²) in [6, 6.07) is 25.2. The molecule has 32 heavy (non-hydrogen) atoms. The zero-order valence-electron chi connectivity index (χ0n) is 17.4. The van der Waals surface area contributed by atoms with Crippen LogP contribution in [0.2, 0.25) is 0 Å². The highest BCUT2D eigenvalue weighted by Crippen LogP contribution is 2.26. The highest BCUT2D eigenvalue weighted by Gasteiger charge is 2.16. The number of nitrogens with zero attached hydrogens (tertiary/aromatic N) is 3. The fourth-order valence-corrected chi connectivity index (χ4v) is 4.29. The van der Waals surface area contributed by atoms with Crippen molar-refractivity contribution in [2.75, 3.05) is 7.11 Å². The van der Waals surface area contributed by atoms with Crippen LogP contribution in [0.3, 0.4) is 0 Å². The maximum Gasteiger partial charge on any atom is 0.251 e. The van der Waals surface area contributed by atoms with Crippen molar-refractivity contribution in [3.05, 3.63) is 100 Å². The van der Waals surface area contributed by atoms with Crippen LogP contribution in [0.15, 0.2) is 88.5 Å². The van der Waals surface area contributed by atoms with E-state index in [1.54, 1.807) is 43.1 Å². The summed E-state index contributed by atoms with van der Waals surface area (Å²) >= 11 is 5.07. The lowest BCUT2D eigenvalue weighted by Crippen LogP contribution is -2.24. The third-order valence-corrected chi connectivity index (χ3v) is 6.26. The number of hydrogen-bond acceptors (Lipinski definition) is 5. The third kappa shape index (κ3) is 5.38. The second kappa shape index (κ2) is 10.5. The van der Waals surface area contributed by atoms with Gasteiger partial charge in [0.1, 0.15) is 5.75 Å². The Morgan fingerprint density at radius 1 is 1.03 bits per heavy atom. The first-order valence-corrected chi connectivity index (χ1v) is 11.7. The van der Waals surface area contributed by atoms with Crippen LogP contribution < -0.4 is 10.1 Å². The maximum atomic E-state index is 12.6. The molecule has 0 saturated carbocycles. The zero-order chi connectivity index (χ0) is 22.3. The van der Waals surface area contributed by atoms with E-state index in [1.165, 1.54) is 5.56 Å². The Bertz CT molecular complexity index is 1200. The van der Waals surface area contributed by atoms with Gasteiger partial charge in [0.15, 0.2) is 11.0 Å². The molecule has 1 amide bonds. The molecule has 162 valence electrons. The molecule has 1 aromatic heterocycles. The number of rotatable bonds is 8. The number of carbonyl (C=O) groups excluding carboxylic acids is 1. The van der Waals surface area contributed by atoms with Gasteiger partial charge in [-0.3, -0.25) is 9.36 Å². The van der Waals surface area contributed by atoms with Crippen LogP contribution in [0.4, 0.5) is 0 Å². The quantitative estimate of drug-likeness (QED) is 0.328. The molecule has 6 nitrogen and oxygen atoms in total. The third-order valence-electron chi connectivity index (χ3n) is 4.73. The number of amides is 1. The number of aromatic nitrogens is 3. The molecule has 0 fully saturated rings. The lowest BCUT2D eigenvalue weighted by Gasteiger charge is -2.11. The molecule has 0 aliphatic carbocycles. The van der Waals surface area contributed by atoms with Gasteiger partial charge in [-0.2, -0.15) is 0 Å². The predicted octanol–water partition coefficient (Wildman–Crippen LogP) is 5.26. The number of hydrogen-bond donors (Lipinski definition) is 1. The molecule has 0 aliphatic heterocycles. The van der Waals surface area contributed by atoms with E-state index < -0.39 is 0 Å². The normalized spacial score (nSPS) is 10.7. The smallest absolute Gasteiger partial charge is 0.251 e. The first kappa shape index (κ1) is 22.1. The van der Waals surface area contributed by atoms with Crippen LogP contribution in [0, 0.1) is 0 Å². The molecule has 0 aliphatic rings. The summed E-state index contributed by atoms with van der Waals surface area (Å²) in [6.07, 6.45) is 0. The van der Waals surface area contributed by atoms with Crippen molar-refractivity contribution >= 4 is 33.6 Å². The van der Waals surface area contributed by atoms with Crippen LogP contribution in [-0.2, 0) is 12.3 Å². The fourth-order valence-electron chi connectivity index (χ4n) is 3.10. The predicted molar refractivity (Wildman–Crippen MR) is 129 cm³/mol. The number of ether oxygens (including phenoxy) is 1. The summed E-state index contributed by atoms with van der Waals surface area (Å²) < 4.78 is 8.24. The molecule has 0 unspecified atom stereocenters. The summed E-state index contributed by atoms with van der Waals surface area (Å²) in [5.41, 5.74) is 2.66. The van der Waals surface area contributed by atoms with E-state index in [1.807, 2.05) is 47.0 Å². The van der Waals surface area contributed by atoms with Crippen LogP contribution in [-0.4, -0.2) is 27.8 Å². The Balaban J connectivity index is 1.53. The first-order chi connectivity index (χ1) is 15.6. The minimum atomic E-state index is -0.199. The van der Waals surface area contributed by atoms with Crippen molar-refractivity contribution in [2.45, 2.75) is 17.5 Å². The molecule has 8 heteroatoms. The molecule has 0 saturated heterocycles. The highest BCUT2D eigenvalue weighted by molar-refractivity contribution is 9.10. The number of para-hydroxylation sites is 1. The van der Waals surface area contributed by atoms with Crippen molar-refractivity contribution in [2.24, 2.45) is 0 Å². The van der Waals surface area contributed by atoms with Gasteiger partial charge in [-0.15, -0.1) is 10.2 Å². The number of halogens is 1. The lowest BCUT2D eigenvalue weighted by atomic mass is 10.2. The molecule has 0 bridgehead atoms. The van der Waals surface area contributed by atoms with Crippen molar-refractivity contribution in [3.63, 3.8) is 0 Å². The van der Waals surface area contributed by atoms with Gasteiger partial charge in [0, 0.05) is 21.5 Å². The summed E-state index contributed by atoms with van der Waals surface area (Å²) in [4.78, 5) is 12.6. The van der Waals surface area contributed by atoms with Gasteiger partial charge in [-0.1, -0.05) is 64.1 Å². The zero-order valence-corrected chi connectivity index (χ0v) is 19.8. The van der Waals surface area contributed by atoms with E-state index in [4.69, 9.17) is 4.74 Å². The second-order valence-corrected chi connectivity index (χ2v) is 8.76. The Labute approximate surface area is 199 Å². The molecule has 1 N–H and O–H groups in total. The average molecular weight is 509 g/mol. The number of carbonyl (C=O) groups is 1. The molecule has 0 spiro atoms. The van der Waals surface area contributed by atoms with E-state index >= 15 is 0 Å². The summed E-state index contributed by atoms with van der Waals surface area (Å²) in [7, 11) is 1.58.